The van der Waals surface area contributed by atoms with E-state index in [2.05, 4.69) is 0 Å². The Morgan fingerprint density at radius 1 is 1.12 bits per heavy atom. The van der Waals surface area contributed by atoms with Gasteiger partial charge in [-0.1, -0.05) is 0 Å². The lowest BCUT2D eigenvalue weighted by atomic mass is 9.99. The number of aryl methyl sites for hydroxylation is 1. The Balaban J connectivity index is 2.02. The zero-order valence-corrected chi connectivity index (χ0v) is 14.5. The maximum atomic E-state index is 13.0. The number of fused-ring (bicyclic) bond motifs is 1. The van der Waals surface area contributed by atoms with E-state index in [1.807, 2.05) is 0 Å². The summed E-state index contributed by atoms with van der Waals surface area (Å²) in [5.74, 6) is 0.590. The first kappa shape index (κ1) is 16.5. The van der Waals surface area contributed by atoms with Crippen LogP contribution in [0.15, 0.2) is 47.4 Å². The Bertz CT molecular complexity index is 872. The zero-order valence-electron chi connectivity index (χ0n) is 13.7. The fourth-order valence-corrected chi connectivity index (χ4v) is 4.45. The van der Waals surface area contributed by atoms with Gasteiger partial charge in [-0.3, -0.25) is 9.10 Å². The first-order valence-corrected chi connectivity index (χ1v) is 9.18. The highest BCUT2D eigenvalue weighted by atomic mass is 32.2. The average Bonchev–Trinajstić information content (AvgIpc) is 2.60. The standard InChI is InChI=1S/C18H19NO4S/c1-13(20)14-5-10-18-15(12-14)4-3-11-19(18)24(21,22)17-8-6-16(23-2)7-9-17/h5-10,12H,3-4,11H2,1-2H3. The lowest BCUT2D eigenvalue weighted by Crippen LogP contribution is -2.35. The lowest BCUT2D eigenvalue weighted by molar-refractivity contribution is 0.101. The predicted octanol–water partition coefficient (Wildman–Crippen LogP) is 3.04. The monoisotopic (exact) mass is 345 g/mol. The highest BCUT2D eigenvalue weighted by molar-refractivity contribution is 7.92. The highest BCUT2D eigenvalue weighted by Gasteiger charge is 2.29. The molecule has 0 unspecified atom stereocenters. The van der Waals surface area contributed by atoms with Gasteiger partial charge in [0.05, 0.1) is 17.7 Å². The van der Waals surface area contributed by atoms with Gasteiger partial charge >= 0.3 is 0 Å². The van der Waals surface area contributed by atoms with Crippen LogP contribution in [0.25, 0.3) is 0 Å². The number of Topliss-reactive ketones (excluding diaryl/α,β-unsaturated/α-hetero) is 1. The highest BCUT2D eigenvalue weighted by Crippen LogP contribution is 2.33. The van der Waals surface area contributed by atoms with Crippen molar-refractivity contribution in [1.82, 2.24) is 0 Å². The third-order valence-corrected chi connectivity index (χ3v) is 6.04. The SMILES string of the molecule is COc1ccc(S(=O)(=O)N2CCCc3cc(C(C)=O)ccc32)cc1. The van der Waals surface area contributed by atoms with Gasteiger partial charge in [0.15, 0.2) is 5.78 Å². The number of nitrogens with zero attached hydrogens (tertiary/aromatic N) is 1. The number of sulfonamides is 1. The molecule has 0 N–H and O–H groups in total. The second-order valence-corrected chi connectivity index (χ2v) is 7.62. The van der Waals surface area contributed by atoms with Crippen molar-refractivity contribution in [2.24, 2.45) is 0 Å². The summed E-state index contributed by atoms with van der Waals surface area (Å²) in [5.41, 5.74) is 2.16. The molecule has 0 fully saturated rings. The van der Waals surface area contributed by atoms with Crippen LogP contribution < -0.4 is 9.04 Å². The minimum atomic E-state index is -3.64. The third-order valence-electron chi connectivity index (χ3n) is 4.21. The predicted molar refractivity (Wildman–Crippen MR) is 92.3 cm³/mol. The molecule has 0 bridgehead atoms. The smallest absolute Gasteiger partial charge is 0.264 e. The largest absolute Gasteiger partial charge is 0.497 e. The summed E-state index contributed by atoms with van der Waals surface area (Å²) >= 11 is 0. The van der Waals surface area contributed by atoms with Gasteiger partial charge in [0.25, 0.3) is 10.0 Å². The first-order chi connectivity index (χ1) is 11.4. The van der Waals surface area contributed by atoms with Crippen molar-refractivity contribution in [3.63, 3.8) is 0 Å². The summed E-state index contributed by atoms with van der Waals surface area (Å²) in [7, 11) is -2.10. The van der Waals surface area contributed by atoms with Crippen molar-refractivity contribution in [3.8, 4) is 5.75 Å². The molecule has 0 saturated carbocycles. The molecule has 126 valence electrons. The number of benzene rings is 2. The van der Waals surface area contributed by atoms with Crippen LogP contribution in [-0.2, 0) is 16.4 Å². The molecule has 1 aliphatic heterocycles. The van der Waals surface area contributed by atoms with E-state index in [4.69, 9.17) is 4.74 Å². The molecule has 0 spiro atoms. The van der Waals surface area contributed by atoms with Gasteiger partial charge in [-0.25, -0.2) is 8.42 Å². The van der Waals surface area contributed by atoms with E-state index in [9.17, 15) is 13.2 Å². The van der Waals surface area contributed by atoms with Crippen LogP contribution in [0.2, 0.25) is 0 Å². The van der Waals surface area contributed by atoms with Crippen LogP contribution in [0.5, 0.6) is 5.75 Å². The Labute approximate surface area is 141 Å². The van der Waals surface area contributed by atoms with Gasteiger partial charge in [0.2, 0.25) is 0 Å². The molecular weight excluding hydrogens is 326 g/mol. The maximum Gasteiger partial charge on any atom is 0.264 e. The summed E-state index contributed by atoms with van der Waals surface area (Å²) in [6.45, 7) is 1.94. The summed E-state index contributed by atoms with van der Waals surface area (Å²) in [5, 5.41) is 0. The number of methoxy groups -OCH3 is 1. The van der Waals surface area contributed by atoms with E-state index in [0.29, 0.717) is 23.5 Å². The molecule has 3 rings (SSSR count). The number of ketones is 1. The molecule has 2 aromatic carbocycles. The van der Waals surface area contributed by atoms with Crippen LogP contribution in [0.1, 0.15) is 29.3 Å². The third kappa shape index (κ3) is 2.89. The van der Waals surface area contributed by atoms with Crippen molar-refractivity contribution >= 4 is 21.5 Å². The molecule has 1 aliphatic rings. The lowest BCUT2D eigenvalue weighted by Gasteiger charge is -2.30. The Morgan fingerprint density at radius 2 is 1.83 bits per heavy atom. The summed E-state index contributed by atoms with van der Waals surface area (Å²) in [6, 6.07) is 11.6. The summed E-state index contributed by atoms with van der Waals surface area (Å²) < 4.78 is 32.5. The van der Waals surface area contributed by atoms with Crippen LogP contribution in [0, 0.1) is 0 Å². The van der Waals surface area contributed by atoms with Crippen molar-refractivity contribution in [2.75, 3.05) is 18.0 Å². The first-order valence-electron chi connectivity index (χ1n) is 7.74. The van der Waals surface area contributed by atoms with Crippen molar-refractivity contribution in [1.29, 1.82) is 0 Å². The van der Waals surface area contributed by atoms with Crippen molar-refractivity contribution in [2.45, 2.75) is 24.7 Å². The van der Waals surface area contributed by atoms with E-state index in [0.717, 1.165) is 18.4 Å². The fraction of sp³-hybridized carbons (Fsp3) is 0.278. The number of ether oxygens (including phenoxy) is 1. The second-order valence-electron chi connectivity index (χ2n) is 5.76. The zero-order chi connectivity index (χ0) is 17.3. The summed E-state index contributed by atoms with van der Waals surface area (Å²) in [6.07, 6.45) is 1.49. The van der Waals surface area contributed by atoms with Crippen LogP contribution >= 0.6 is 0 Å². The van der Waals surface area contributed by atoms with Gasteiger partial charge in [-0.05, 0) is 67.8 Å². The molecule has 0 aromatic heterocycles. The van der Waals surface area contributed by atoms with Crippen LogP contribution in [0.3, 0.4) is 0 Å². The number of anilines is 1. The van der Waals surface area contributed by atoms with Crippen LogP contribution in [-0.4, -0.2) is 27.9 Å². The number of hydrogen-bond donors (Lipinski definition) is 0. The van der Waals surface area contributed by atoms with Gasteiger partial charge in [0.1, 0.15) is 5.75 Å². The molecule has 24 heavy (non-hydrogen) atoms. The van der Waals surface area contributed by atoms with E-state index in [1.165, 1.54) is 18.3 Å². The molecule has 2 aromatic rings. The number of rotatable bonds is 4. The number of hydrogen-bond acceptors (Lipinski definition) is 4. The molecule has 0 saturated heterocycles. The Morgan fingerprint density at radius 3 is 2.46 bits per heavy atom. The topological polar surface area (TPSA) is 63.7 Å². The van der Waals surface area contributed by atoms with Gasteiger partial charge in [0, 0.05) is 12.1 Å². The second kappa shape index (κ2) is 6.28. The van der Waals surface area contributed by atoms with Crippen LogP contribution in [0.4, 0.5) is 5.69 Å². The molecule has 0 aliphatic carbocycles. The maximum absolute atomic E-state index is 13.0. The molecule has 0 amide bonds. The van der Waals surface area contributed by atoms with Gasteiger partial charge < -0.3 is 4.74 Å². The van der Waals surface area contributed by atoms with E-state index in [-0.39, 0.29) is 10.7 Å². The molecule has 6 heteroatoms. The molecule has 1 heterocycles. The van der Waals surface area contributed by atoms with E-state index < -0.39 is 10.0 Å². The summed E-state index contributed by atoms with van der Waals surface area (Å²) in [4.78, 5) is 11.8. The number of carbonyl (C=O) groups is 1. The van der Waals surface area contributed by atoms with Gasteiger partial charge in [-0.2, -0.15) is 0 Å². The molecular formula is C18H19NO4S. The normalized spacial score (nSPS) is 14.2. The van der Waals surface area contributed by atoms with Gasteiger partial charge in [-0.15, -0.1) is 0 Å². The minimum absolute atomic E-state index is 0.0204. The van der Waals surface area contributed by atoms with Crippen molar-refractivity contribution < 1.29 is 17.9 Å². The number of carbonyl (C=O) groups excluding carboxylic acids is 1. The Hall–Kier alpha value is -2.34. The molecule has 0 atom stereocenters. The average molecular weight is 345 g/mol. The minimum Gasteiger partial charge on any atom is -0.497 e. The molecule has 5 nitrogen and oxygen atoms in total. The molecule has 0 radical (unpaired) electrons. The quantitative estimate of drug-likeness (QED) is 0.799. The van der Waals surface area contributed by atoms with Crippen molar-refractivity contribution in [3.05, 3.63) is 53.6 Å². The van der Waals surface area contributed by atoms with E-state index >= 15 is 0 Å². The Kier molecular flexibility index (Phi) is 4.32. The van der Waals surface area contributed by atoms with E-state index in [1.54, 1.807) is 42.5 Å². The fourth-order valence-electron chi connectivity index (χ4n) is 2.91.